The van der Waals surface area contributed by atoms with Gasteiger partial charge in [-0.15, -0.1) is 11.8 Å². The van der Waals surface area contributed by atoms with Crippen molar-refractivity contribution in [2.75, 3.05) is 5.75 Å². The lowest BCUT2D eigenvalue weighted by Crippen LogP contribution is -2.20. The zero-order valence-corrected chi connectivity index (χ0v) is 10.9. The lowest BCUT2D eigenvalue weighted by atomic mass is 9.74. The molecule has 2 aliphatic rings. The third-order valence-electron chi connectivity index (χ3n) is 4.23. The van der Waals surface area contributed by atoms with Crippen molar-refractivity contribution in [3.63, 3.8) is 0 Å². The maximum atomic E-state index is 2.43. The Morgan fingerprint density at radius 1 is 1.20 bits per heavy atom. The molecule has 1 heterocycles. The van der Waals surface area contributed by atoms with Gasteiger partial charge in [-0.2, -0.15) is 0 Å². The molecule has 1 atom stereocenters. The summed E-state index contributed by atoms with van der Waals surface area (Å²) in [7, 11) is 0. The molecule has 0 amide bonds. The second-order valence-corrected chi connectivity index (χ2v) is 6.62. The van der Waals surface area contributed by atoms with Crippen molar-refractivity contribution in [1.29, 1.82) is 0 Å². The van der Waals surface area contributed by atoms with E-state index in [0.717, 1.165) is 23.7 Å². The molecule has 0 N–H and O–H groups in total. The molecule has 0 radical (unpaired) electrons. The quantitative estimate of drug-likeness (QED) is 0.668. The molecule has 0 aromatic heterocycles. The number of hydrogen-bond acceptors (Lipinski definition) is 1. The van der Waals surface area contributed by atoms with E-state index >= 15 is 0 Å². The van der Waals surface area contributed by atoms with Crippen molar-refractivity contribution >= 4 is 11.8 Å². The standard InChI is InChI=1S/C14H24S/c1-11(2)14-5-3-12(4-6-14)9-13-7-8-15-10-13/h7-8,11-14H,3-6,9-10H2,1-2H3. The van der Waals surface area contributed by atoms with Gasteiger partial charge >= 0.3 is 0 Å². The van der Waals surface area contributed by atoms with E-state index in [1.165, 1.54) is 37.9 Å². The summed E-state index contributed by atoms with van der Waals surface area (Å²) in [6.45, 7) is 4.78. The minimum atomic E-state index is 0.899. The molecule has 1 heteroatoms. The average Bonchev–Trinajstić information content (AvgIpc) is 2.71. The molecule has 0 aromatic carbocycles. The van der Waals surface area contributed by atoms with E-state index in [-0.39, 0.29) is 0 Å². The van der Waals surface area contributed by atoms with Crippen LogP contribution in [0.4, 0.5) is 0 Å². The van der Waals surface area contributed by atoms with E-state index in [1.54, 1.807) is 0 Å². The second kappa shape index (κ2) is 5.43. The Hall–Kier alpha value is 0.0900. The zero-order valence-electron chi connectivity index (χ0n) is 10.1. The van der Waals surface area contributed by atoms with E-state index in [4.69, 9.17) is 0 Å². The summed E-state index contributed by atoms with van der Waals surface area (Å²) in [5, 5.41) is 2.30. The van der Waals surface area contributed by atoms with Gasteiger partial charge in [0.15, 0.2) is 0 Å². The average molecular weight is 224 g/mol. The van der Waals surface area contributed by atoms with Crippen molar-refractivity contribution in [3.05, 3.63) is 11.5 Å². The van der Waals surface area contributed by atoms with Crippen LogP contribution in [0.5, 0.6) is 0 Å². The first-order valence-corrected chi connectivity index (χ1v) is 7.59. The molecular weight excluding hydrogens is 200 g/mol. The van der Waals surface area contributed by atoms with Crippen molar-refractivity contribution in [2.45, 2.75) is 46.0 Å². The van der Waals surface area contributed by atoms with E-state index in [1.807, 2.05) is 11.8 Å². The van der Waals surface area contributed by atoms with Crippen LogP contribution in [0.1, 0.15) is 46.0 Å². The van der Waals surface area contributed by atoms with Gasteiger partial charge in [-0.3, -0.25) is 0 Å². The Balaban J connectivity index is 1.71. The van der Waals surface area contributed by atoms with E-state index in [0.29, 0.717) is 0 Å². The molecule has 1 saturated carbocycles. The summed E-state index contributed by atoms with van der Waals surface area (Å²) in [6.07, 6.45) is 9.88. The van der Waals surface area contributed by atoms with Crippen LogP contribution in [0.15, 0.2) is 11.5 Å². The molecule has 86 valence electrons. The van der Waals surface area contributed by atoms with Crippen LogP contribution in [0.3, 0.4) is 0 Å². The largest absolute Gasteiger partial charge is 0.134 e. The van der Waals surface area contributed by atoms with Crippen LogP contribution in [-0.2, 0) is 0 Å². The highest BCUT2D eigenvalue weighted by molar-refractivity contribution is 8.02. The smallest absolute Gasteiger partial charge is 0.00374 e. The predicted molar refractivity (Wildman–Crippen MR) is 70.0 cm³/mol. The molecule has 0 saturated heterocycles. The Bertz CT molecular complexity index is 211. The molecule has 1 unspecified atom stereocenters. The lowest BCUT2D eigenvalue weighted by molar-refractivity contribution is 0.209. The molecule has 0 spiro atoms. The highest BCUT2D eigenvalue weighted by atomic mass is 32.2. The fourth-order valence-corrected chi connectivity index (χ4v) is 4.01. The third kappa shape index (κ3) is 3.27. The van der Waals surface area contributed by atoms with E-state index in [2.05, 4.69) is 25.3 Å². The highest BCUT2D eigenvalue weighted by Gasteiger charge is 2.25. The Labute approximate surface area is 98.9 Å². The van der Waals surface area contributed by atoms with Gasteiger partial charge < -0.3 is 0 Å². The first-order valence-electron chi connectivity index (χ1n) is 6.54. The first-order chi connectivity index (χ1) is 7.25. The van der Waals surface area contributed by atoms with Crippen LogP contribution in [0, 0.1) is 23.7 Å². The van der Waals surface area contributed by atoms with Gasteiger partial charge in [0.25, 0.3) is 0 Å². The fraction of sp³-hybridized carbons (Fsp3) is 0.857. The van der Waals surface area contributed by atoms with Gasteiger partial charge in [-0.25, -0.2) is 0 Å². The molecule has 1 aliphatic heterocycles. The maximum Gasteiger partial charge on any atom is 0.00374 e. The SMILES string of the molecule is CC(C)C1CCC(CC2C=CSC2)CC1. The molecule has 1 fully saturated rings. The van der Waals surface area contributed by atoms with Crippen molar-refractivity contribution < 1.29 is 0 Å². The minimum absolute atomic E-state index is 0.899. The van der Waals surface area contributed by atoms with Crippen molar-refractivity contribution in [1.82, 2.24) is 0 Å². The maximum absolute atomic E-state index is 2.43. The van der Waals surface area contributed by atoms with Crippen LogP contribution < -0.4 is 0 Å². The van der Waals surface area contributed by atoms with Crippen molar-refractivity contribution in [2.24, 2.45) is 23.7 Å². The monoisotopic (exact) mass is 224 g/mol. The number of thioether (sulfide) groups is 1. The summed E-state index contributed by atoms with van der Waals surface area (Å²) in [6, 6.07) is 0. The first kappa shape index (κ1) is 11.6. The highest BCUT2D eigenvalue weighted by Crippen LogP contribution is 2.37. The van der Waals surface area contributed by atoms with Gasteiger partial charge in [0, 0.05) is 5.75 Å². The van der Waals surface area contributed by atoms with Gasteiger partial charge in [0.2, 0.25) is 0 Å². The van der Waals surface area contributed by atoms with Crippen LogP contribution in [0.25, 0.3) is 0 Å². The van der Waals surface area contributed by atoms with E-state index < -0.39 is 0 Å². The molecule has 2 rings (SSSR count). The molecular formula is C14H24S. The van der Waals surface area contributed by atoms with Gasteiger partial charge in [0.05, 0.1) is 0 Å². The number of hydrogen-bond donors (Lipinski definition) is 0. The van der Waals surface area contributed by atoms with Crippen LogP contribution >= 0.6 is 11.8 Å². The van der Waals surface area contributed by atoms with Gasteiger partial charge in [0.1, 0.15) is 0 Å². The second-order valence-electron chi connectivity index (χ2n) is 5.68. The molecule has 1 aliphatic carbocycles. The van der Waals surface area contributed by atoms with Gasteiger partial charge in [-0.1, -0.05) is 32.8 Å². The zero-order chi connectivity index (χ0) is 10.7. The Morgan fingerprint density at radius 3 is 2.47 bits per heavy atom. The number of rotatable bonds is 3. The summed E-state index contributed by atoms with van der Waals surface area (Å²) in [5.74, 6) is 5.22. The fourth-order valence-electron chi connectivity index (χ4n) is 3.07. The third-order valence-corrected chi connectivity index (χ3v) is 5.20. The molecule has 0 bridgehead atoms. The minimum Gasteiger partial charge on any atom is -0.134 e. The summed E-state index contributed by atoms with van der Waals surface area (Å²) >= 11 is 2.00. The summed E-state index contributed by atoms with van der Waals surface area (Å²) in [5.41, 5.74) is 0. The van der Waals surface area contributed by atoms with Crippen LogP contribution in [-0.4, -0.2) is 5.75 Å². The molecule has 0 nitrogen and oxygen atoms in total. The summed E-state index contributed by atoms with van der Waals surface area (Å²) in [4.78, 5) is 0. The Morgan fingerprint density at radius 2 is 1.93 bits per heavy atom. The lowest BCUT2D eigenvalue weighted by Gasteiger charge is -2.31. The molecule has 15 heavy (non-hydrogen) atoms. The summed E-state index contributed by atoms with van der Waals surface area (Å²) < 4.78 is 0. The Kier molecular flexibility index (Phi) is 4.19. The van der Waals surface area contributed by atoms with Gasteiger partial charge in [-0.05, 0) is 48.3 Å². The normalized spacial score (nSPS) is 36.3. The topological polar surface area (TPSA) is 0 Å². The van der Waals surface area contributed by atoms with Crippen molar-refractivity contribution in [3.8, 4) is 0 Å². The van der Waals surface area contributed by atoms with Crippen LogP contribution in [0.2, 0.25) is 0 Å². The molecule has 0 aromatic rings. The van der Waals surface area contributed by atoms with E-state index in [9.17, 15) is 0 Å². The number of allylic oxidation sites excluding steroid dienone is 1. The predicted octanol–water partition coefficient (Wildman–Crippen LogP) is 4.72.